The van der Waals surface area contributed by atoms with E-state index in [-0.39, 0.29) is 13.5 Å². The van der Waals surface area contributed by atoms with Crippen molar-refractivity contribution < 1.29 is 13.2 Å². The molecule has 0 N–H and O–H groups in total. The summed E-state index contributed by atoms with van der Waals surface area (Å²) in [5.74, 6) is 0. The Morgan fingerprint density at radius 3 is 1.07 bits per heavy atom. The molecule has 148 valence electrons. The van der Waals surface area contributed by atoms with E-state index in [0.29, 0.717) is 0 Å². The van der Waals surface area contributed by atoms with Crippen LogP contribution in [-0.4, -0.2) is 6.68 Å². The Morgan fingerprint density at radius 2 is 0.724 bits per heavy atom. The lowest BCUT2D eigenvalue weighted by molar-refractivity contribution is 0.00819. The average Bonchev–Trinajstić information content (AvgIpc) is 2.75. The molecule has 0 amide bonds. The zero-order valence-corrected chi connectivity index (χ0v) is 16.6. The first kappa shape index (κ1) is 22.3. The summed E-state index contributed by atoms with van der Waals surface area (Å²) in [5.41, 5.74) is 7.56. The molecule has 0 aliphatic heterocycles. The molecule has 4 heteroatoms. The maximum atomic E-state index is 9.67. The van der Waals surface area contributed by atoms with Crippen molar-refractivity contribution in [2.75, 3.05) is 0 Å². The van der Waals surface area contributed by atoms with Crippen molar-refractivity contribution in [3.63, 3.8) is 0 Å². The summed E-state index contributed by atoms with van der Waals surface area (Å²) < 4.78 is 29.0. The minimum atomic E-state index is -3.67. The molecule has 0 atom stereocenters. The smallest absolute Gasteiger partial charge is 0.197 e. The summed E-state index contributed by atoms with van der Waals surface area (Å²) in [6.45, 7) is -3.67. The van der Waals surface area contributed by atoms with Crippen LogP contribution < -0.4 is 0 Å². The first-order chi connectivity index (χ1) is 13.7. The Labute approximate surface area is 176 Å². The molecule has 0 aliphatic rings. The second kappa shape index (κ2) is 11.1. The zero-order chi connectivity index (χ0) is 19.8. The normalized spacial score (nSPS) is 9.93. The van der Waals surface area contributed by atoms with Crippen LogP contribution in [0.15, 0.2) is 109 Å². The highest BCUT2D eigenvalue weighted by molar-refractivity contribution is 7.59. The third kappa shape index (κ3) is 6.00. The van der Waals surface area contributed by atoms with E-state index in [1.807, 2.05) is 0 Å². The van der Waals surface area contributed by atoms with Gasteiger partial charge in [-0.1, -0.05) is 109 Å². The first-order valence-electron chi connectivity index (χ1n) is 8.88. The minimum Gasteiger partial charge on any atom is -0.197 e. The standard InChI is InChI=1S/C24H18.CHF3.H2S/c1-4-11-19(12-5-1)22-17-10-18-23(20-13-6-2-7-14-20)24(22)21-15-8-3-9-16-21;2-1(3)4;/h1-18H;1H;1H2. The van der Waals surface area contributed by atoms with Crippen LogP contribution in [0.1, 0.15) is 0 Å². The molecule has 4 rings (SSSR count). The van der Waals surface area contributed by atoms with Gasteiger partial charge in [0.25, 0.3) is 0 Å². The molecule has 0 nitrogen and oxygen atoms in total. The van der Waals surface area contributed by atoms with Crippen LogP contribution in [0.5, 0.6) is 0 Å². The van der Waals surface area contributed by atoms with Gasteiger partial charge in [-0.3, -0.25) is 0 Å². The highest BCUT2D eigenvalue weighted by atomic mass is 32.1. The van der Waals surface area contributed by atoms with E-state index in [1.54, 1.807) is 0 Å². The lowest BCUT2D eigenvalue weighted by Gasteiger charge is -2.16. The molecule has 0 spiro atoms. The van der Waals surface area contributed by atoms with Crippen molar-refractivity contribution in [1.82, 2.24) is 0 Å². The summed E-state index contributed by atoms with van der Waals surface area (Å²) in [6.07, 6.45) is 0. The van der Waals surface area contributed by atoms with Gasteiger partial charge >= 0.3 is 6.68 Å². The quantitative estimate of drug-likeness (QED) is 0.321. The van der Waals surface area contributed by atoms with Gasteiger partial charge in [0.2, 0.25) is 0 Å². The van der Waals surface area contributed by atoms with Crippen molar-refractivity contribution in [2.45, 2.75) is 6.68 Å². The van der Waals surface area contributed by atoms with Gasteiger partial charge in [-0.15, -0.1) is 0 Å². The van der Waals surface area contributed by atoms with Crippen molar-refractivity contribution in [2.24, 2.45) is 0 Å². The maximum absolute atomic E-state index is 9.67. The van der Waals surface area contributed by atoms with Crippen LogP contribution in [0.3, 0.4) is 0 Å². The molecular formula is C25H21F3S. The molecule has 0 heterocycles. The van der Waals surface area contributed by atoms with E-state index in [2.05, 4.69) is 109 Å². The van der Waals surface area contributed by atoms with Gasteiger partial charge in [0, 0.05) is 0 Å². The Morgan fingerprint density at radius 1 is 0.414 bits per heavy atom. The van der Waals surface area contributed by atoms with Crippen LogP contribution in [0.25, 0.3) is 33.4 Å². The Hall–Kier alpha value is -2.98. The zero-order valence-electron chi connectivity index (χ0n) is 15.6. The molecule has 4 aromatic carbocycles. The second-order valence-electron chi connectivity index (χ2n) is 6.07. The highest BCUT2D eigenvalue weighted by Crippen LogP contribution is 2.39. The third-order valence-corrected chi connectivity index (χ3v) is 4.30. The van der Waals surface area contributed by atoms with Crippen molar-refractivity contribution in [1.29, 1.82) is 0 Å². The van der Waals surface area contributed by atoms with Gasteiger partial charge in [0.1, 0.15) is 0 Å². The van der Waals surface area contributed by atoms with E-state index in [1.165, 1.54) is 33.4 Å². The summed E-state index contributed by atoms with van der Waals surface area (Å²) in [7, 11) is 0. The number of benzene rings is 4. The van der Waals surface area contributed by atoms with Crippen molar-refractivity contribution in [3.05, 3.63) is 109 Å². The number of hydrogen-bond acceptors (Lipinski definition) is 0. The minimum absolute atomic E-state index is 0. The summed E-state index contributed by atoms with van der Waals surface area (Å²) in [6, 6.07) is 38.4. The van der Waals surface area contributed by atoms with Crippen LogP contribution in [0.2, 0.25) is 0 Å². The fourth-order valence-corrected chi connectivity index (χ4v) is 3.18. The first-order valence-corrected chi connectivity index (χ1v) is 8.88. The molecule has 0 radical (unpaired) electrons. The van der Waals surface area contributed by atoms with E-state index in [4.69, 9.17) is 0 Å². The van der Waals surface area contributed by atoms with Gasteiger partial charge in [-0.05, 0) is 33.4 Å². The van der Waals surface area contributed by atoms with Gasteiger partial charge in [-0.25, -0.2) is 0 Å². The van der Waals surface area contributed by atoms with Crippen LogP contribution >= 0.6 is 13.5 Å². The Kier molecular flexibility index (Phi) is 8.56. The molecule has 4 aromatic rings. The molecule has 0 fully saturated rings. The molecule has 0 saturated carbocycles. The van der Waals surface area contributed by atoms with Gasteiger partial charge in [-0.2, -0.15) is 26.7 Å². The van der Waals surface area contributed by atoms with Crippen LogP contribution in [0, 0.1) is 0 Å². The number of rotatable bonds is 3. The predicted octanol–water partition coefficient (Wildman–Crippen LogP) is 7.98. The summed E-state index contributed by atoms with van der Waals surface area (Å²) in [4.78, 5) is 0. The fourth-order valence-electron chi connectivity index (χ4n) is 3.18. The second-order valence-corrected chi connectivity index (χ2v) is 6.07. The molecule has 0 aliphatic carbocycles. The SMILES string of the molecule is FC(F)F.S.c1ccc(-c2cccc(-c3ccccc3)c2-c2ccccc2)cc1. The third-order valence-electron chi connectivity index (χ3n) is 4.30. The monoisotopic (exact) mass is 410 g/mol. The highest BCUT2D eigenvalue weighted by Gasteiger charge is 2.13. The topological polar surface area (TPSA) is 0 Å². The van der Waals surface area contributed by atoms with E-state index in [0.717, 1.165) is 0 Å². The predicted molar refractivity (Wildman–Crippen MR) is 120 cm³/mol. The van der Waals surface area contributed by atoms with Crippen molar-refractivity contribution in [3.8, 4) is 33.4 Å². The van der Waals surface area contributed by atoms with Crippen molar-refractivity contribution >= 4 is 13.5 Å². The van der Waals surface area contributed by atoms with E-state index >= 15 is 0 Å². The molecular weight excluding hydrogens is 389 g/mol. The van der Waals surface area contributed by atoms with E-state index in [9.17, 15) is 13.2 Å². The van der Waals surface area contributed by atoms with Gasteiger partial charge in [0.15, 0.2) is 0 Å². The lowest BCUT2D eigenvalue weighted by Crippen LogP contribution is -1.90. The summed E-state index contributed by atoms with van der Waals surface area (Å²) in [5, 5.41) is 0. The molecule has 0 unspecified atom stereocenters. The van der Waals surface area contributed by atoms with Crippen LogP contribution in [0.4, 0.5) is 13.2 Å². The lowest BCUT2D eigenvalue weighted by atomic mass is 9.88. The summed E-state index contributed by atoms with van der Waals surface area (Å²) >= 11 is 0. The molecule has 0 bridgehead atoms. The van der Waals surface area contributed by atoms with Crippen LogP contribution in [-0.2, 0) is 0 Å². The molecule has 0 aromatic heterocycles. The maximum Gasteiger partial charge on any atom is 0.379 e. The number of halogens is 3. The number of hydrogen-bond donors (Lipinski definition) is 0. The molecule has 29 heavy (non-hydrogen) atoms. The Bertz CT molecular complexity index is 928. The fraction of sp³-hybridized carbons (Fsp3) is 0.0400. The van der Waals surface area contributed by atoms with E-state index < -0.39 is 6.68 Å². The largest absolute Gasteiger partial charge is 0.379 e. The van der Waals surface area contributed by atoms with Gasteiger partial charge in [0.05, 0.1) is 0 Å². The average molecular weight is 411 g/mol. The molecule has 0 saturated heterocycles. The van der Waals surface area contributed by atoms with Gasteiger partial charge < -0.3 is 0 Å². The Balaban J connectivity index is 0.000000552. The number of alkyl halides is 3.